The van der Waals surface area contributed by atoms with Crippen molar-refractivity contribution in [2.24, 2.45) is 11.1 Å². The van der Waals surface area contributed by atoms with Crippen molar-refractivity contribution in [2.75, 3.05) is 13.7 Å². The number of oxime groups is 1. The standard InChI is InChI=1S/C16H26N2O3S/c1-5-7-16(18-21-4)14(6-2)12-17-22(19,20)15-10-8-13(3)9-11-15/h8-11,14,17H,5-7,12H2,1-4H3/b18-16+/t14-/m0/s1. The molecule has 22 heavy (non-hydrogen) atoms. The quantitative estimate of drug-likeness (QED) is 0.560. The van der Waals surface area contributed by atoms with E-state index in [-0.39, 0.29) is 10.8 Å². The Labute approximate surface area is 133 Å². The Kier molecular flexibility index (Phi) is 7.55. The summed E-state index contributed by atoms with van der Waals surface area (Å²) >= 11 is 0. The lowest BCUT2D eigenvalue weighted by molar-refractivity contribution is 0.209. The van der Waals surface area contributed by atoms with E-state index in [9.17, 15) is 8.42 Å². The summed E-state index contributed by atoms with van der Waals surface area (Å²) in [6.07, 6.45) is 2.56. The van der Waals surface area contributed by atoms with Crippen molar-refractivity contribution in [3.05, 3.63) is 29.8 Å². The van der Waals surface area contributed by atoms with Crippen LogP contribution in [0.4, 0.5) is 0 Å². The van der Waals surface area contributed by atoms with Gasteiger partial charge < -0.3 is 4.84 Å². The minimum atomic E-state index is -3.49. The monoisotopic (exact) mass is 326 g/mol. The van der Waals surface area contributed by atoms with E-state index in [1.165, 1.54) is 7.11 Å². The van der Waals surface area contributed by atoms with Crippen molar-refractivity contribution in [1.29, 1.82) is 0 Å². The van der Waals surface area contributed by atoms with E-state index >= 15 is 0 Å². The van der Waals surface area contributed by atoms with E-state index in [1.54, 1.807) is 24.3 Å². The molecule has 0 amide bonds. The van der Waals surface area contributed by atoms with Gasteiger partial charge in [-0.05, 0) is 31.9 Å². The largest absolute Gasteiger partial charge is 0.399 e. The normalized spacial score (nSPS) is 13.9. The third-order valence-corrected chi connectivity index (χ3v) is 4.97. The maximum Gasteiger partial charge on any atom is 0.240 e. The molecule has 0 aliphatic rings. The highest BCUT2D eigenvalue weighted by Gasteiger charge is 2.19. The Morgan fingerprint density at radius 3 is 2.41 bits per heavy atom. The van der Waals surface area contributed by atoms with Crippen LogP contribution < -0.4 is 4.72 Å². The van der Waals surface area contributed by atoms with Gasteiger partial charge in [0.15, 0.2) is 0 Å². The summed E-state index contributed by atoms with van der Waals surface area (Å²) in [4.78, 5) is 5.17. The molecule has 0 radical (unpaired) electrons. The smallest absolute Gasteiger partial charge is 0.240 e. The molecule has 0 saturated heterocycles. The van der Waals surface area contributed by atoms with E-state index in [2.05, 4.69) is 16.8 Å². The zero-order valence-corrected chi connectivity index (χ0v) is 14.6. The van der Waals surface area contributed by atoms with Gasteiger partial charge in [-0.1, -0.05) is 43.1 Å². The molecule has 0 aliphatic heterocycles. The van der Waals surface area contributed by atoms with Gasteiger partial charge in [0.2, 0.25) is 10.0 Å². The van der Waals surface area contributed by atoms with Gasteiger partial charge in [0.25, 0.3) is 0 Å². The second-order valence-electron chi connectivity index (χ2n) is 5.29. The first-order chi connectivity index (χ1) is 10.4. The maximum absolute atomic E-state index is 12.3. The lowest BCUT2D eigenvalue weighted by Gasteiger charge is -2.17. The first-order valence-corrected chi connectivity index (χ1v) is 9.09. The van der Waals surface area contributed by atoms with Crippen LogP contribution >= 0.6 is 0 Å². The molecule has 1 atom stereocenters. The third kappa shape index (κ3) is 5.42. The van der Waals surface area contributed by atoms with Crippen LogP contribution in [0.2, 0.25) is 0 Å². The van der Waals surface area contributed by atoms with Crippen molar-refractivity contribution in [2.45, 2.75) is 44.9 Å². The van der Waals surface area contributed by atoms with E-state index < -0.39 is 10.0 Å². The molecule has 1 aromatic carbocycles. The molecule has 0 heterocycles. The highest BCUT2D eigenvalue weighted by Crippen LogP contribution is 2.13. The molecule has 6 heteroatoms. The van der Waals surface area contributed by atoms with Crippen LogP contribution in [0.15, 0.2) is 34.3 Å². The van der Waals surface area contributed by atoms with Crippen molar-refractivity contribution >= 4 is 15.7 Å². The molecule has 0 saturated carbocycles. The number of rotatable bonds is 9. The summed E-state index contributed by atoms with van der Waals surface area (Å²) in [6, 6.07) is 6.82. The van der Waals surface area contributed by atoms with Crippen LogP contribution in [0.25, 0.3) is 0 Å². The van der Waals surface area contributed by atoms with Gasteiger partial charge in [0.1, 0.15) is 7.11 Å². The number of aryl methyl sites for hydroxylation is 1. The molecule has 0 aliphatic carbocycles. The average molecular weight is 326 g/mol. The summed E-state index contributed by atoms with van der Waals surface area (Å²) in [5.74, 6) is 0.0418. The summed E-state index contributed by atoms with van der Waals surface area (Å²) < 4.78 is 27.3. The van der Waals surface area contributed by atoms with E-state index in [1.807, 2.05) is 13.8 Å². The number of benzene rings is 1. The molecule has 0 aromatic heterocycles. The van der Waals surface area contributed by atoms with Crippen LogP contribution in [0, 0.1) is 12.8 Å². The fourth-order valence-electron chi connectivity index (χ4n) is 2.21. The van der Waals surface area contributed by atoms with Gasteiger partial charge in [0.05, 0.1) is 10.6 Å². The number of hydrogen-bond donors (Lipinski definition) is 1. The predicted octanol–water partition coefficient (Wildman–Crippen LogP) is 3.10. The van der Waals surface area contributed by atoms with Crippen LogP contribution in [0.3, 0.4) is 0 Å². The first-order valence-electron chi connectivity index (χ1n) is 7.60. The number of nitrogens with one attached hydrogen (secondary N) is 1. The molecular weight excluding hydrogens is 300 g/mol. The molecule has 0 fully saturated rings. The summed E-state index contributed by atoms with van der Waals surface area (Å²) in [6.45, 7) is 6.34. The second kappa shape index (κ2) is 8.90. The minimum Gasteiger partial charge on any atom is -0.399 e. The van der Waals surface area contributed by atoms with Crippen molar-refractivity contribution in [3.63, 3.8) is 0 Å². The highest BCUT2D eigenvalue weighted by molar-refractivity contribution is 7.89. The van der Waals surface area contributed by atoms with E-state index in [0.717, 1.165) is 30.5 Å². The lowest BCUT2D eigenvalue weighted by Crippen LogP contribution is -2.33. The fourth-order valence-corrected chi connectivity index (χ4v) is 3.29. The zero-order valence-electron chi connectivity index (χ0n) is 13.8. The molecule has 5 nitrogen and oxygen atoms in total. The van der Waals surface area contributed by atoms with Crippen LogP contribution in [0.1, 0.15) is 38.7 Å². The zero-order chi connectivity index (χ0) is 16.6. The van der Waals surface area contributed by atoms with Gasteiger partial charge in [-0.25, -0.2) is 13.1 Å². The predicted molar refractivity (Wildman–Crippen MR) is 89.5 cm³/mol. The maximum atomic E-state index is 12.3. The topological polar surface area (TPSA) is 67.8 Å². The molecule has 1 aromatic rings. The van der Waals surface area contributed by atoms with Gasteiger partial charge in [0, 0.05) is 12.5 Å². The summed E-state index contributed by atoms with van der Waals surface area (Å²) in [5.41, 5.74) is 1.93. The molecule has 0 unspecified atom stereocenters. The van der Waals surface area contributed by atoms with E-state index in [4.69, 9.17) is 4.84 Å². The Balaban J connectivity index is 2.80. The lowest BCUT2D eigenvalue weighted by atomic mass is 9.97. The highest BCUT2D eigenvalue weighted by atomic mass is 32.2. The fraction of sp³-hybridized carbons (Fsp3) is 0.562. The van der Waals surface area contributed by atoms with Crippen LogP contribution in [-0.4, -0.2) is 27.8 Å². The molecule has 1 rings (SSSR count). The van der Waals surface area contributed by atoms with Crippen LogP contribution in [-0.2, 0) is 14.9 Å². The second-order valence-corrected chi connectivity index (χ2v) is 7.05. The molecule has 0 bridgehead atoms. The number of nitrogens with zero attached hydrogens (tertiary/aromatic N) is 1. The Morgan fingerprint density at radius 2 is 1.91 bits per heavy atom. The Hall–Kier alpha value is -1.40. The van der Waals surface area contributed by atoms with E-state index in [0.29, 0.717) is 6.54 Å². The first kappa shape index (κ1) is 18.6. The van der Waals surface area contributed by atoms with Crippen molar-refractivity contribution in [3.8, 4) is 0 Å². The van der Waals surface area contributed by atoms with Gasteiger partial charge in [-0.3, -0.25) is 0 Å². The van der Waals surface area contributed by atoms with Gasteiger partial charge in [-0.15, -0.1) is 0 Å². The summed E-state index contributed by atoms with van der Waals surface area (Å²) in [5, 5.41) is 4.05. The van der Waals surface area contributed by atoms with Crippen molar-refractivity contribution < 1.29 is 13.3 Å². The van der Waals surface area contributed by atoms with Crippen LogP contribution in [0.5, 0.6) is 0 Å². The SMILES string of the molecule is CCC/C(=N\OC)[C@@H](CC)CNS(=O)(=O)c1ccc(C)cc1. The number of hydrogen-bond acceptors (Lipinski definition) is 4. The third-order valence-electron chi connectivity index (χ3n) is 3.53. The minimum absolute atomic E-state index is 0.0418. The molecule has 124 valence electrons. The molecular formula is C16H26N2O3S. The van der Waals surface area contributed by atoms with Gasteiger partial charge >= 0.3 is 0 Å². The molecule has 0 spiro atoms. The summed E-state index contributed by atoms with van der Waals surface area (Å²) in [7, 11) is -1.98. The van der Waals surface area contributed by atoms with Gasteiger partial charge in [-0.2, -0.15) is 0 Å². The Bertz CT molecular complexity index is 580. The molecule has 1 N–H and O–H groups in total. The van der Waals surface area contributed by atoms with Crippen molar-refractivity contribution in [1.82, 2.24) is 4.72 Å². The average Bonchev–Trinajstić information content (AvgIpc) is 2.48. The number of sulfonamides is 1. The Morgan fingerprint density at radius 1 is 1.27 bits per heavy atom.